The third-order valence-corrected chi connectivity index (χ3v) is 9.57. The summed E-state index contributed by atoms with van der Waals surface area (Å²) in [5.41, 5.74) is 10.6. The summed E-state index contributed by atoms with van der Waals surface area (Å²) < 4.78 is 10.8. The zero-order valence-electron chi connectivity index (χ0n) is 25.2. The van der Waals surface area contributed by atoms with E-state index < -0.39 is 0 Å². The number of aromatic nitrogens is 2. The van der Waals surface area contributed by atoms with Crippen LogP contribution in [0.1, 0.15) is 5.56 Å². The number of benzene rings is 7. The zero-order chi connectivity index (χ0) is 31.1. The Kier molecular flexibility index (Phi) is 5.32. The number of para-hydroxylation sites is 4. The Labute approximate surface area is 269 Å². The Morgan fingerprint density at radius 2 is 1.11 bits per heavy atom. The minimum atomic E-state index is 0.643. The lowest BCUT2D eigenvalue weighted by Gasteiger charge is -2.15. The van der Waals surface area contributed by atoms with E-state index in [0.29, 0.717) is 5.56 Å². The number of fused-ring (bicyclic) bond motifs is 10. The topological polar surface area (TPSA) is 46.8 Å². The van der Waals surface area contributed by atoms with Gasteiger partial charge in [0.2, 0.25) is 0 Å². The molecule has 47 heavy (non-hydrogen) atoms. The molecule has 0 unspecified atom stereocenters. The van der Waals surface area contributed by atoms with Crippen LogP contribution in [0.3, 0.4) is 0 Å². The minimum absolute atomic E-state index is 0.643. The van der Waals surface area contributed by atoms with Crippen LogP contribution >= 0.6 is 0 Å². The molecule has 10 aromatic rings. The molecule has 0 fully saturated rings. The normalized spacial score (nSPS) is 11.8. The lowest BCUT2D eigenvalue weighted by molar-refractivity contribution is 0.669. The molecule has 7 aromatic carbocycles. The summed E-state index contributed by atoms with van der Waals surface area (Å²) in [4.78, 5) is 0. The maximum absolute atomic E-state index is 10.7. The third-order valence-electron chi connectivity index (χ3n) is 9.57. The molecule has 0 radical (unpaired) electrons. The molecule has 0 atom stereocenters. The number of hydrogen-bond acceptors (Lipinski definition) is 2. The molecule has 0 N–H and O–H groups in total. The summed E-state index contributed by atoms with van der Waals surface area (Å²) in [6.45, 7) is 0. The summed E-state index contributed by atoms with van der Waals surface area (Å²) in [6, 6.07) is 55.2. The fourth-order valence-electron chi connectivity index (χ4n) is 7.63. The van der Waals surface area contributed by atoms with Crippen LogP contribution in [0.2, 0.25) is 0 Å². The van der Waals surface area contributed by atoms with Gasteiger partial charge in [0.1, 0.15) is 17.2 Å². The first-order chi connectivity index (χ1) is 23.3. The van der Waals surface area contributed by atoms with Crippen molar-refractivity contribution >= 4 is 65.6 Å². The van der Waals surface area contributed by atoms with E-state index in [1.54, 1.807) is 0 Å². The van der Waals surface area contributed by atoms with Gasteiger partial charge in [-0.25, -0.2) is 0 Å². The molecule has 0 aliphatic rings. The van der Waals surface area contributed by atoms with Crippen molar-refractivity contribution in [2.24, 2.45) is 0 Å². The molecule has 0 saturated carbocycles. The molecule has 0 saturated heterocycles. The highest BCUT2D eigenvalue weighted by Crippen LogP contribution is 2.42. The molecule has 0 bridgehead atoms. The van der Waals surface area contributed by atoms with E-state index in [2.05, 4.69) is 155 Å². The van der Waals surface area contributed by atoms with Crippen molar-refractivity contribution in [1.29, 1.82) is 5.26 Å². The van der Waals surface area contributed by atoms with Gasteiger partial charge in [-0.2, -0.15) is 5.26 Å². The Balaban J connectivity index is 1.22. The maximum atomic E-state index is 10.7. The number of rotatable bonds is 3. The van der Waals surface area contributed by atoms with Crippen LogP contribution in [0, 0.1) is 11.3 Å². The van der Waals surface area contributed by atoms with Crippen LogP contribution in [-0.2, 0) is 0 Å². The molecule has 3 heterocycles. The SMILES string of the molecule is N#Cc1c(-c2cccc(-n3c4ccccc4c4c5c(ccc43)oc3ccccc35)c2)cccc1-n1c2ccccc2c2ccccc21. The Hall–Kier alpha value is -6.57. The van der Waals surface area contributed by atoms with Crippen molar-refractivity contribution in [2.45, 2.75) is 0 Å². The van der Waals surface area contributed by atoms with Crippen molar-refractivity contribution in [3.63, 3.8) is 0 Å². The van der Waals surface area contributed by atoms with Crippen LogP contribution in [0.4, 0.5) is 0 Å². The number of nitrogens with zero attached hydrogens (tertiary/aromatic N) is 3. The smallest absolute Gasteiger partial charge is 0.136 e. The number of nitriles is 1. The van der Waals surface area contributed by atoms with Gasteiger partial charge in [0.15, 0.2) is 0 Å². The van der Waals surface area contributed by atoms with E-state index in [1.807, 2.05) is 12.1 Å². The molecule has 0 aliphatic carbocycles. The summed E-state index contributed by atoms with van der Waals surface area (Å²) in [5.74, 6) is 0. The molecule has 0 aliphatic heterocycles. The molecule has 10 rings (SSSR count). The summed E-state index contributed by atoms with van der Waals surface area (Å²) >= 11 is 0. The van der Waals surface area contributed by atoms with Gasteiger partial charge in [0.05, 0.1) is 33.3 Å². The first kappa shape index (κ1) is 25.7. The van der Waals surface area contributed by atoms with Gasteiger partial charge in [-0.15, -0.1) is 0 Å². The average Bonchev–Trinajstić information content (AvgIpc) is 3.79. The molecular formula is C43H25N3O. The predicted octanol–water partition coefficient (Wildman–Crippen LogP) is 11.3. The van der Waals surface area contributed by atoms with Gasteiger partial charge in [0, 0.05) is 43.6 Å². The van der Waals surface area contributed by atoms with Gasteiger partial charge in [-0.3, -0.25) is 0 Å². The molecule has 3 aromatic heterocycles. The molecule has 0 spiro atoms. The van der Waals surface area contributed by atoms with E-state index >= 15 is 0 Å². The molecular weight excluding hydrogens is 574 g/mol. The van der Waals surface area contributed by atoms with Crippen molar-refractivity contribution < 1.29 is 4.42 Å². The van der Waals surface area contributed by atoms with Crippen LogP contribution in [0.15, 0.2) is 156 Å². The first-order valence-corrected chi connectivity index (χ1v) is 15.8. The van der Waals surface area contributed by atoms with Gasteiger partial charge in [0.25, 0.3) is 0 Å². The standard InChI is InChI=1S/C43H25N3O/c44-26-34-29(17-10-21-38(34)46-35-18-5-1-13-30(35)31-14-2-6-19-36(31)46)27-11-9-12-28(25-27)45-37-20-7-3-15-32(37)42-39(45)23-24-41-43(42)33-16-4-8-22-40(33)47-41/h1-25H. The van der Waals surface area contributed by atoms with Crippen LogP contribution in [0.25, 0.3) is 88.1 Å². The first-order valence-electron chi connectivity index (χ1n) is 15.8. The zero-order valence-corrected chi connectivity index (χ0v) is 25.2. The molecule has 0 amide bonds. The third kappa shape index (κ3) is 3.57. The highest BCUT2D eigenvalue weighted by atomic mass is 16.3. The van der Waals surface area contributed by atoms with Gasteiger partial charge >= 0.3 is 0 Å². The summed E-state index contributed by atoms with van der Waals surface area (Å²) in [7, 11) is 0. The lowest BCUT2D eigenvalue weighted by atomic mass is 9.98. The highest BCUT2D eigenvalue weighted by molar-refractivity contribution is 6.27. The second-order valence-electron chi connectivity index (χ2n) is 12.0. The van der Waals surface area contributed by atoms with Crippen LogP contribution < -0.4 is 0 Å². The van der Waals surface area contributed by atoms with E-state index in [-0.39, 0.29) is 0 Å². The monoisotopic (exact) mass is 599 g/mol. The van der Waals surface area contributed by atoms with Crippen molar-refractivity contribution in [3.8, 4) is 28.6 Å². The second kappa shape index (κ2) is 9.71. The fourth-order valence-corrected chi connectivity index (χ4v) is 7.63. The number of hydrogen-bond donors (Lipinski definition) is 0. The van der Waals surface area contributed by atoms with Crippen molar-refractivity contribution in [3.05, 3.63) is 157 Å². The Bertz CT molecular complexity index is 2880. The van der Waals surface area contributed by atoms with E-state index in [4.69, 9.17) is 4.42 Å². The number of furan rings is 1. The maximum Gasteiger partial charge on any atom is 0.136 e. The highest BCUT2D eigenvalue weighted by Gasteiger charge is 2.20. The fraction of sp³-hybridized carbons (Fsp3) is 0. The summed E-state index contributed by atoms with van der Waals surface area (Å²) in [6.07, 6.45) is 0. The van der Waals surface area contributed by atoms with E-state index in [0.717, 1.165) is 66.5 Å². The quantitative estimate of drug-likeness (QED) is 0.203. The summed E-state index contributed by atoms with van der Waals surface area (Å²) in [5, 5.41) is 17.7. The van der Waals surface area contributed by atoms with Crippen molar-refractivity contribution in [1.82, 2.24) is 9.13 Å². The minimum Gasteiger partial charge on any atom is -0.456 e. The van der Waals surface area contributed by atoms with E-state index in [1.165, 1.54) is 21.5 Å². The van der Waals surface area contributed by atoms with Crippen LogP contribution in [-0.4, -0.2) is 9.13 Å². The lowest BCUT2D eigenvalue weighted by Crippen LogP contribution is -2.00. The average molecular weight is 600 g/mol. The van der Waals surface area contributed by atoms with E-state index in [9.17, 15) is 5.26 Å². The largest absolute Gasteiger partial charge is 0.456 e. The van der Waals surface area contributed by atoms with Gasteiger partial charge in [-0.1, -0.05) is 97.1 Å². The van der Waals surface area contributed by atoms with Crippen LogP contribution in [0.5, 0.6) is 0 Å². The molecule has 4 heteroatoms. The molecule has 218 valence electrons. The van der Waals surface area contributed by atoms with Crippen molar-refractivity contribution in [2.75, 3.05) is 0 Å². The van der Waals surface area contributed by atoms with Gasteiger partial charge < -0.3 is 13.6 Å². The second-order valence-corrected chi connectivity index (χ2v) is 12.0. The molecule has 4 nitrogen and oxygen atoms in total. The van der Waals surface area contributed by atoms with Gasteiger partial charge in [-0.05, 0) is 60.2 Å². The predicted molar refractivity (Wildman–Crippen MR) is 193 cm³/mol. The Morgan fingerprint density at radius 1 is 0.468 bits per heavy atom. The Morgan fingerprint density at radius 3 is 1.85 bits per heavy atom.